The number of nitrogens with zero attached hydrogens (tertiary/aromatic N) is 1. The van der Waals surface area contributed by atoms with E-state index in [4.69, 9.17) is 4.74 Å². The zero-order chi connectivity index (χ0) is 21.6. The topological polar surface area (TPSA) is 41.6 Å². The molecule has 0 bridgehead atoms. The fourth-order valence-electron chi connectivity index (χ4n) is 4.02. The molecule has 2 aromatic carbocycles. The van der Waals surface area contributed by atoms with Crippen LogP contribution in [-0.2, 0) is 16.0 Å². The Labute approximate surface area is 177 Å². The van der Waals surface area contributed by atoms with E-state index in [2.05, 4.69) is 10.2 Å². The first-order chi connectivity index (χ1) is 14.4. The molecule has 1 amide bonds. The Morgan fingerprint density at radius 3 is 2.53 bits per heavy atom. The van der Waals surface area contributed by atoms with Gasteiger partial charge < -0.3 is 15.0 Å². The van der Waals surface area contributed by atoms with E-state index in [9.17, 15) is 13.6 Å². The number of benzene rings is 2. The van der Waals surface area contributed by atoms with Gasteiger partial charge in [0, 0.05) is 19.8 Å². The molecule has 162 valence electrons. The van der Waals surface area contributed by atoms with Crippen molar-refractivity contribution in [3.63, 3.8) is 0 Å². The summed E-state index contributed by atoms with van der Waals surface area (Å²) < 4.78 is 32.8. The Kier molecular flexibility index (Phi) is 7.56. The van der Waals surface area contributed by atoms with E-state index in [0.29, 0.717) is 44.6 Å². The van der Waals surface area contributed by atoms with Crippen molar-refractivity contribution >= 4 is 5.91 Å². The third-order valence-electron chi connectivity index (χ3n) is 5.78. The van der Waals surface area contributed by atoms with Crippen molar-refractivity contribution in [3.8, 4) is 11.1 Å². The molecule has 6 heteroatoms. The number of halogens is 2. The molecule has 1 saturated heterocycles. The first-order valence-electron chi connectivity index (χ1n) is 10.5. The molecule has 1 aliphatic rings. The van der Waals surface area contributed by atoms with Gasteiger partial charge in [0.15, 0.2) is 11.6 Å². The van der Waals surface area contributed by atoms with Crippen LogP contribution >= 0.6 is 0 Å². The maximum absolute atomic E-state index is 13.8. The fraction of sp³-hybridized carbons (Fsp3) is 0.458. The first-order valence-corrected chi connectivity index (χ1v) is 10.5. The van der Waals surface area contributed by atoms with Crippen LogP contribution in [0.3, 0.4) is 0 Å². The van der Waals surface area contributed by atoms with Gasteiger partial charge in [-0.2, -0.15) is 0 Å². The van der Waals surface area contributed by atoms with Gasteiger partial charge in [0.05, 0.1) is 5.41 Å². The minimum atomic E-state index is -0.873. The molecule has 0 aromatic heterocycles. The summed E-state index contributed by atoms with van der Waals surface area (Å²) in [4.78, 5) is 15.3. The van der Waals surface area contributed by atoms with Gasteiger partial charge in [0.25, 0.3) is 0 Å². The Hall–Kier alpha value is -2.31. The second kappa shape index (κ2) is 10.1. The van der Waals surface area contributed by atoms with E-state index in [1.165, 1.54) is 6.07 Å². The van der Waals surface area contributed by atoms with Gasteiger partial charge in [-0.25, -0.2) is 8.78 Å². The molecule has 0 radical (unpaired) electrons. The van der Waals surface area contributed by atoms with Gasteiger partial charge in [0.2, 0.25) is 5.91 Å². The van der Waals surface area contributed by atoms with E-state index >= 15 is 0 Å². The zero-order valence-corrected chi connectivity index (χ0v) is 17.7. The molecule has 4 nitrogen and oxygen atoms in total. The highest BCUT2D eigenvalue weighted by molar-refractivity contribution is 5.83. The Balaban J connectivity index is 1.83. The monoisotopic (exact) mass is 416 g/mol. The van der Waals surface area contributed by atoms with Crippen LogP contribution in [0.25, 0.3) is 11.1 Å². The van der Waals surface area contributed by atoms with Gasteiger partial charge >= 0.3 is 0 Å². The van der Waals surface area contributed by atoms with Crippen molar-refractivity contribution in [1.29, 1.82) is 0 Å². The number of nitrogens with one attached hydrogen (secondary N) is 1. The van der Waals surface area contributed by atoms with Crippen LogP contribution in [0.5, 0.6) is 0 Å². The number of carbonyl (C=O) groups excluding carboxylic acids is 1. The molecular formula is C24H30F2N2O2. The van der Waals surface area contributed by atoms with Crippen LogP contribution in [0, 0.1) is 17.0 Å². The van der Waals surface area contributed by atoms with Crippen LogP contribution in [0.4, 0.5) is 8.78 Å². The van der Waals surface area contributed by atoms with Gasteiger partial charge in [0.1, 0.15) is 0 Å². The molecule has 0 atom stereocenters. The quantitative estimate of drug-likeness (QED) is 0.661. The Morgan fingerprint density at radius 1 is 1.10 bits per heavy atom. The van der Waals surface area contributed by atoms with Gasteiger partial charge in [-0.05, 0) is 75.1 Å². The third kappa shape index (κ3) is 5.43. The van der Waals surface area contributed by atoms with Crippen molar-refractivity contribution in [2.75, 3.05) is 40.4 Å². The Morgan fingerprint density at radius 2 is 1.83 bits per heavy atom. The smallest absolute Gasteiger partial charge is 0.226 e. The number of hydrogen-bond donors (Lipinski definition) is 1. The summed E-state index contributed by atoms with van der Waals surface area (Å²) in [5.74, 6) is -1.69. The van der Waals surface area contributed by atoms with Crippen molar-refractivity contribution in [1.82, 2.24) is 10.2 Å². The summed E-state index contributed by atoms with van der Waals surface area (Å²) in [6.45, 7) is 2.62. The number of amides is 1. The lowest BCUT2D eigenvalue weighted by Gasteiger charge is -2.36. The van der Waals surface area contributed by atoms with E-state index in [1.54, 1.807) is 6.07 Å². The summed E-state index contributed by atoms with van der Waals surface area (Å²) in [7, 11) is 4.02. The number of ether oxygens (including phenoxy) is 1. The highest BCUT2D eigenvalue weighted by atomic mass is 19.2. The normalized spacial score (nSPS) is 15.9. The van der Waals surface area contributed by atoms with Crippen LogP contribution < -0.4 is 5.32 Å². The fourth-order valence-corrected chi connectivity index (χ4v) is 4.02. The third-order valence-corrected chi connectivity index (χ3v) is 5.78. The first kappa shape index (κ1) is 22.4. The lowest BCUT2D eigenvalue weighted by atomic mass is 9.73. The van der Waals surface area contributed by atoms with Crippen LogP contribution in [0.15, 0.2) is 42.5 Å². The van der Waals surface area contributed by atoms with Gasteiger partial charge in [-0.1, -0.05) is 30.3 Å². The highest BCUT2D eigenvalue weighted by Crippen LogP contribution is 2.38. The standard InChI is InChI=1S/C24H30F2N2O2/c1-28(2)13-5-12-27-23(29)24(10-14-30-15-11-24)17-19-6-3-4-7-20(19)18-8-9-21(25)22(26)16-18/h3-4,6-9,16H,5,10-15,17H2,1-2H3,(H,27,29). The van der Waals surface area contributed by atoms with Crippen molar-refractivity contribution in [2.24, 2.45) is 5.41 Å². The average molecular weight is 417 g/mol. The molecule has 3 rings (SSSR count). The molecule has 2 aromatic rings. The second-order valence-corrected chi connectivity index (χ2v) is 8.27. The average Bonchev–Trinajstić information content (AvgIpc) is 2.74. The Bertz CT molecular complexity index is 864. The molecule has 0 spiro atoms. The number of rotatable bonds is 8. The van der Waals surface area contributed by atoms with E-state index in [0.717, 1.165) is 30.2 Å². The minimum Gasteiger partial charge on any atom is -0.381 e. The maximum Gasteiger partial charge on any atom is 0.226 e. The molecule has 1 fully saturated rings. The summed E-state index contributed by atoms with van der Waals surface area (Å²) in [6.07, 6.45) is 2.69. The molecule has 0 aliphatic carbocycles. The van der Waals surface area contributed by atoms with Crippen molar-refractivity contribution < 1.29 is 18.3 Å². The predicted molar refractivity (Wildman–Crippen MR) is 114 cm³/mol. The summed E-state index contributed by atoms with van der Waals surface area (Å²) >= 11 is 0. The van der Waals surface area contributed by atoms with E-state index in [-0.39, 0.29) is 5.91 Å². The van der Waals surface area contributed by atoms with Crippen LogP contribution in [0.1, 0.15) is 24.8 Å². The van der Waals surface area contributed by atoms with Crippen LogP contribution in [0.2, 0.25) is 0 Å². The molecule has 1 N–H and O–H groups in total. The highest BCUT2D eigenvalue weighted by Gasteiger charge is 2.40. The van der Waals surface area contributed by atoms with Crippen molar-refractivity contribution in [2.45, 2.75) is 25.7 Å². The largest absolute Gasteiger partial charge is 0.381 e. The predicted octanol–water partition coefficient (Wildman–Crippen LogP) is 4.04. The molecule has 0 saturated carbocycles. The minimum absolute atomic E-state index is 0.0460. The second-order valence-electron chi connectivity index (χ2n) is 8.27. The lowest BCUT2D eigenvalue weighted by Crippen LogP contribution is -2.46. The summed E-state index contributed by atoms with van der Waals surface area (Å²) in [5, 5.41) is 3.11. The zero-order valence-electron chi connectivity index (χ0n) is 17.7. The van der Waals surface area contributed by atoms with Gasteiger partial charge in [-0.3, -0.25) is 4.79 Å². The SMILES string of the molecule is CN(C)CCCNC(=O)C1(Cc2ccccc2-c2ccc(F)c(F)c2)CCOCC1. The number of hydrogen-bond acceptors (Lipinski definition) is 3. The maximum atomic E-state index is 13.8. The molecular weight excluding hydrogens is 386 g/mol. The van der Waals surface area contributed by atoms with Crippen LogP contribution in [-0.4, -0.2) is 51.2 Å². The van der Waals surface area contributed by atoms with Crippen molar-refractivity contribution in [3.05, 3.63) is 59.7 Å². The lowest BCUT2D eigenvalue weighted by molar-refractivity contribution is -0.136. The van der Waals surface area contributed by atoms with E-state index in [1.807, 2.05) is 38.4 Å². The molecule has 1 aliphatic heterocycles. The summed E-state index contributed by atoms with van der Waals surface area (Å²) in [5.41, 5.74) is 1.82. The molecule has 0 unspecified atom stereocenters. The van der Waals surface area contributed by atoms with Gasteiger partial charge in [-0.15, -0.1) is 0 Å². The van der Waals surface area contributed by atoms with E-state index < -0.39 is 17.0 Å². The summed E-state index contributed by atoms with van der Waals surface area (Å²) in [6, 6.07) is 11.6. The molecule has 30 heavy (non-hydrogen) atoms. The number of carbonyl (C=O) groups is 1. The molecule has 1 heterocycles.